The van der Waals surface area contributed by atoms with Gasteiger partial charge in [-0.1, -0.05) is 6.07 Å². The molecule has 2 aromatic rings. The predicted molar refractivity (Wildman–Crippen MR) is 85.2 cm³/mol. The molecule has 1 aliphatic heterocycles. The third-order valence-corrected chi connectivity index (χ3v) is 4.57. The minimum absolute atomic E-state index is 0.205. The van der Waals surface area contributed by atoms with Gasteiger partial charge in [-0.3, -0.25) is 9.48 Å². The van der Waals surface area contributed by atoms with Crippen molar-refractivity contribution in [2.24, 2.45) is 0 Å². The second-order valence-corrected chi connectivity index (χ2v) is 6.09. The highest BCUT2D eigenvalue weighted by atomic mass is 19.1. The van der Waals surface area contributed by atoms with Crippen molar-refractivity contribution in [2.75, 3.05) is 13.1 Å². The summed E-state index contributed by atoms with van der Waals surface area (Å²) in [6.45, 7) is 3.09. The molecule has 2 heterocycles. The summed E-state index contributed by atoms with van der Waals surface area (Å²) in [5.41, 5.74) is -0.534. The minimum atomic E-state index is -0.792. The lowest BCUT2D eigenvalue weighted by Gasteiger charge is -2.37. The molecule has 1 fully saturated rings. The molecule has 3 rings (SSSR count). The standard InChI is InChI=1S/C17H20F2N4O/c1-12(14-4-3-13(18)11-15(14)19)22-16(24)17(5-8-20-9-6-17)23-10-2-7-21-23/h2-4,7,10-12,20H,5-6,8-9H2,1H3,(H,22,24)/t12-/m1/s1. The van der Waals surface area contributed by atoms with E-state index in [2.05, 4.69) is 15.7 Å². The predicted octanol–water partition coefficient (Wildman–Crippen LogP) is 2.12. The van der Waals surface area contributed by atoms with Crippen molar-refractivity contribution in [3.8, 4) is 0 Å². The van der Waals surface area contributed by atoms with Gasteiger partial charge in [-0.2, -0.15) is 5.10 Å². The molecule has 5 nitrogen and oxygen atoms in total. The summed E-state index contributed by atoms with van der Waals surface area (Å²) in [6.07, 6.45) is 4.60. The molecule has 0 bridgehead atoms. The Balaban J connectivity index is 1.83. The molecule has 24 heavy (non-hydrogen) atoms. The first-order valence-corrected chi connectivity index (χ1v) is 8.00. The van der Waals surface area contributed by atoms with Gasteiger partial charge in [-0.25, -0.2) is 8.78 Å². The van der Waals surface area contributed by atoms with E-state index in [9.17, 15) is 13.6 Å². The smallest absolute Gasteiger partial charge is 0.248 e. The molecule has 1 aromatic carbocycles. The molecule has 7 heteroatoms. The molecule has 0 saturated carbocycles. The van der Waals surface area contributed by atoms with Crippen LogP contribution in [-0.4, -0.2) is 28.8 Å². The van der Waals surface area contributed by atoms with E-state index in [-0.39, 0.29) is 11.5 Å². The Morgan fingerprint density at radius 2 is 2.12 bits per heavy atom. The van der Waals surface area contributed by atoms with Crippen molar-refractivity contribution in [3.63, 3.8) is 0 Å². The van der Waals surface area contributed by atoms with Gasteiger partial charge in [0.1, 0.15) is 17.2 Å². The van der Waals surface area contributed by atoms with Gasteiger partial charge in [0.05, 0.1) is 6.04 Å². The lowest BCUT2D eigenvalue weighted by atomic mass is 9.87. The summed E-state index contributed by atoms with van der Waals surface area (Å²) in [5.74, 6) is -1.51. The van der Waals surface area contributed by atoms with Crippen LogP contribution in [0.4, 0.5) is 8.78 Å². The zero-order valence-electron chi connectivity index (χ0n) is 13.4. The fourth-order valence-corrected chi connectivity index (χ4v) is 3.18. The van der Waals surface area contributed by atoms with E-state index in [1.807, 2.05) is 0 Å². The molecule has 1 atom stereocenters. The molecule has 0 unspecified atom stereocenters. The van der Waals surface area contributed by atoms with E-state index < -0.39 is 23.2 Å². The second-order valence-electron chi connectivity index (χ2n) is 6.09. The number of nitrogens with one attached hydrogen (secondary N) is 2. The highest BCUT2D eigenvalue weighted by molar-refractivity contribution is 5.85. The van der Waals surface area contributed by atoms with Crippen molar-refractivity contribution in [1.29, 1.82) is 0 Å². The molecule has 0 spiro atoms. The van der Waals surface area contributed by atoms with Gasteiger partial charge in [0.2, 0.25) is 5.91 Å². The van der Waals surface area contributed by atoms with Gasteiger partial charge in [0, 0.05) is 24.0 Å². The van der Waals surface area contributed by atoms with Crippen LogP contribution < -0.4 is 10.6 Å². The molecule has 2 N–H and O–H groups in total. The van der Waals surface area contributed by atoms with Gasteiger partial charge in [-0.15, -0.1) is 0 Å². The fraction of sp³-hybridized carbons (Fsp3) is 0.412. The maximum atomic E-state index is 13.9. The summed E-state index contributed by atoms with van der Waals surface area (Å²) in [6, 6.07) is 4.58. The molecule has 0 radical (unpaired) electrons. The van der Waals surface area contributed by atoms with Crippen LogP contribution in [0.5, 0.6) is 0 Å². The summed E-state index contributed by atoms with van der Waals surface area (Å²) >= 11 is 0. The van der Waals surface area contributed by atoms with Crippen LogP contribution >= 0.6 is 0 Å². The van der Waals surface area contributed by atoms with Gasteiger partial charge in [0.25, 0.3) is 0 Å². The number of amides is 1. The van der Waals surface area contributed by atoms with Gasteiger partial charge in [0.15, 0.2) is 0 Å². The zero-order valence-corrected chi connectivity index (χ0v) is 13.4. The van der Waals surface area contributed by atoms with Crippen molar-refractivity contribution in [1.82, 2.24) is 20.4 Å². The Morgan fingerprint density at radius 3 is 2.75 bits per heavy atom. The molecular formula is C17H20F2N4O. The van der Waals surface area contributed by atoms with Crippen LogP contribution in [0, 0.1) is 11.6 Å². The van der Waals surface area contributed by atoms with Gasteiger partial charge < -0.3 is 10.6 Å². The number of hydrogen-bond acceptors (Lipinski definition) is 3. The lowest BCUT2D eigenvalue weighted by Crippen LogP contribution is -2.55. The van der Waals surface area contributed by atoms with Crippen LogP contribution in [0.15, 0.2) is 36.7 Å². The maximum Gasteiger partial charge on any atom is 0.248 e. The molecule has 1 saturated heterocycles. The molecule has 128 valence electrons. The molecule has 1 aliphatic rings. The summed E-state index contributed by atoms with van der Waals surface area (Å²) in [5, 5.41) is 10.3. The quantitative estimate of drug-likeness (QED) is 0.900. The topological polar surface area (TPSA) is 59.0 Å². The third kappa shape index (κ3) is 3.03. The van der Waals surface area contributed by atoms with Crippen molar-refractivity contribution < 1.29 is 13.6 Å². The monoisotopic (exact) mass is 334 g/mol. The Kier molecular flexibility index (Phi) is 4.62. The van der Waals surface area contributed by atoms with E-state index in [4.69, 9.17) is 0 Å². The van der Waals surface area contributed by atoms with Crippen LogP contribution in [0.1, 0.15) is 31.4 Å². The van der Waals surface area contributed by atoms with E-state index in [1.54, 1.807) is 30.1 Å². The molecule has 1 aromatic heterocycles. The zero-order chi connectivity index (χ0) is 17.2. The van der Waals surface area contributed by atoms with E-state index >= 15 is 0 Å². The fourth-order valence-electron chi connectivity index (χ4n) is 3.18. The van der Waals surface area contributed by atoms with Crippen LogP contribution in [0.2, 0.25) is 0 Å². The van der Waals surface area contributed by atoms with Crippen molar-refractivity contribution >= 4 is 5.91 Å². The van der Waals surface area contributed by atoms with Gasteiger partial charge >= 0.3 is 0 Å². The third-order valence-electron chi connectivity index (χ3n) is 4.57. The number of piperidine rings is 1. The Labute approximate surface area is 139 Å². The largest absolute Gasteiger partial charge is 0.347 e. The summed E-state index contributed by atoms with van der Waals surface area (Å²) < 4.78 is 28.7. The maximum absolute atomic E-state index is 13.9. The van der Waals surface area contributed by atoms with E-state index in [0.29, 0.717) is 25.9 Å². The minimum Gasteiger partial charge on any atom is -0.347 e. The number of carbonyl (C=O) groups excluding carboxylic acids is 1. The number of aromatic nitrogens is 2. The highest BCUT2D eigenvalue weighted by Gasteiger charge is 2.42. The Morgan fingerprint density at radius 1 is 1.38 bits per heavy atom. The van der Waals surface area contributed by atoms with Crippen molar-refractivity contribution in [2.45, 2.75) is 31.3 Å². The first-order chi connectivity index (χ1) is 11.5. The normalized spacial score (nSPS) is 18.1. The van der Waals surface area contributed by atoms with Crippen LogP contribution in [0.25, 0.3) is 0 Å². The van der Waals surface area contributed by atoms with E-state index in [1.165, 1.54) is 12.1 Å². The average molecular weight is 334 g/mol. The number of rotatable bonds is 4. The average Bonchev–Trinajstić information content (AvgIpc) is 3.10. The second kappa shape index (κ2) is 6.68. The number of benzene rings is 1. The summed E-state index contributed by atoms with van der Waals surface area (Å²) in [7, 11) is 0. The number of nitrogens with zero attached hydrogens (tertiary/aromatic N) is 2. The van der Waals surface area contributed by atoms with Crippen LogP contribution in [0.3, 0.4) is 0 Å². The van der Waals surface area contributed by atoms with Crippen LogP contribution in [-0.2, 0) is 10.3 Å². The summed E-state index contributed by atoms with van der Waals surface area (Å²) in [4.78, 5) is 13.0. The van der Waals surface area contributed by atoms with Gasteiger partial charge in [-0.05, 0) is 45.0 Å². The molecular weight excluding hydrogens is 314 g/mol. The molecule has 0 aliphatic carbocycles. The highest BCUT2D eigenvalue weighted by Crippen LogP contribution is 2.28. The first-order valence-electron chi connectivity index (χ1n) is 8.00. The Bertz CT molecular complexity index is 711. The number of halogens is 2. The number of hydrogen-bond donors (Lipinski definition) is 2. The SMILES string of the molecule is C[C@@H](NC(=O)C1(n2cccn2)CCNCC1)c1ccc(F)cc1F. The van der Waals surface area contributed by atoms with Crippen molar-refractivity contribution in [3.05, 3.63) is 53.9 Å². The Hall–Kier alpha value is -2.28. The molecule has 1 amide bonds. The lowest BCUT2D eigenvalue weighted by molar-refractivity contribution is -0.132. The first kappa shape index (κ1) is 16.6. The van der Waals surface area contributed by atoms with E-state index in [0.717, 1.165) is 6.07 Å². The number of carbonyl (C=O) groups is 1.